The number of hydrogen-bond acceptors (Lipinski definition) is 4. The Bertz CT molecular complexity index is 1410. The molecule has 1 N–H and O–H groups in total. The molecular weight excluding hydrogens is 546 g/mol. The van der Waals surface area contributed by atoms with Gasteiger partial charge in [0.25, 0.3) is 0 Å². The molecular formula is C31H38ClN3O4S. The van der Waals surface area contributed by atoms with Crippen molar-refractivity contribution < 1.29 is 18.0 Å². The zero-order valence-corrected chi connectivity index (χ0v) is 25.1. The summed E-state index contributed by atoms with van der Waals surface area (Å²) in [5.74, 6) is -0.499. The summed E-state index contributed by atoms with van der Waals surface area (Å²) in [7, 11) is -3.58. The molecule has 9 heteroatoms. The van der Waals surface area contributed by atoms with Crippen LogP contribution in [0.1, 0.15) is 42.0 Å². The van der Waals surface area contributed by atoms with Crippen LogP contribution in [0.25, 0.3) is 0 Å². The Morgan fingerprint density at radius 1 is 0.950 bits per heavy atom. The first-order chi connectivity index (χ1) is 19.0. The molecule has 0 aromatic heterocycles. The number of aryl methyl sites for hydroxylation is 1. The molecule has 0 radical (unpaired) electrons. The van der Waals surface area contributed by atoms with Crippen LogP contribution >= 0.6 is 11.6 Å². The van der Waals surface area contributed by atoms with Gasteiger partial charge in [-0.25, -0.2) is 8.42 Å². The first-order valence-electron chi connectivity index (χ1n) is 13.4. The molecule has 0 aliphatic heterocycles. The number of amides is 2. The maximum absolute atomic E-state index is 13.8. The van der Waals surface area contributed by atoms with Gasteiger partial charge in [0.05, 0.1) is 11.9 Å². The maximum atomic E-state index is 13.8. The molecule has 3 aromatic rings. The molecule has 3 rings (SSSR count). The molecule has 0 aliphatic carbocycles. The van der Waals surface area contributed by atoms with E-state index in [9.17, 15) is 18.0 Å². The smallest absolute Gasteiger partial charge is 0.243 e. The Kier molecular flexibility index (Phi) is 11.2. The van der Waals surface area contributed by atoms with E-state index in [-0.39, 0.29) is 37.7 Å². The molecule has 3 aromatic carbocycles. The van der Waals surface area contributed by atoms with E-state index in [1.54, 1.807) is 17.0 Å². The number of anilines is 1. The highest BCUT2D eigenvalue weighted by atomic mass is 35.5. The Morgan fingerprint density at radius 3 is 2.27 bits per heavy atom. The van der Waals surface area contributed by atoms with Crippen LogP contribution in [0.4, 0.5) is 5.69 Å². The van der Waals surface area contributed by atoms with E-state index < -0.39 is 16.1 Å². The van der Waals surface area contributed by atoms with E-state index in [0.29, 0.717) is 23.7 Å². The molecule has 0 unspecified atom stereocenters. The monoisotopic (exact) mass is 583 g/mol. The molecule has 0 saturated heterocycles. The third kappa shape index (κ3) is 8.32. The lowest BCUT2D eigenvalue weighted by Gasteiger charge is -2.32. The molecule has 1 atom stereocenters. The molecule has 40 heavy (non-hydrogen) atoms. The third-order valence-electron chi connectivity index (χ3n) is 6.92. The topological polar surface area (TPSA) is 86.8 Å². The van der Waals surface area contributed by atoms with Crippen molar-refractivity contribution in [2.75, 3.05) is 23.7 Å². The van der Waals surface area contributed by atoms with Crippen molar-refractivity contribution in [3.05, 3.63) is 100 Å². The molecule has 0 heterocycles. The van der Waals surface area contributed by atoms with E-state index in [1.165, 1.54) is 10.6 Å². The van der Waals surface area contributed by atoms with Crippen LogP contribution in [-0.2, 0) is 32.6 Å². The number of halogens is 1. The number of benzene rings is 3. The van der Waals surface area contributed by atoms with Crippen LogP contribution in [0, 0.1) is 13.8 Å². The first kappa shape index (κ1) is 31.2. The van der Waals surface area contributed by atoms with Crippen LogP contribution in [0.2, 0.25) is 5.02 Å². The van der Waals surface area contributed by atoms with Gasteiger partial charge in [0, 0.05) is 37.5 Å². The Morgan fingerprint density at radius 2 is 1.62 bits per heavy atom. The highest BCUT2D eigenvalue weighted by molar-refractivity contribution is 7.92. The van der Waals surface area contributed by atoms with Crippen molar-refractivity contribution in [1.29, 1.82) is 0 Å². The van der Waals surface area contributed by atoms with Gasteiger partial charge in [0.15, 0.2) is 0 Å². The zero-order valence-electron chi connectivity index (χ0n) is 23.6. The Hall–Kier alpha value is -3.36. The van der Waals surface area contributed by atoms with Crippen molar-refractivity contribution in [3.63, 3.8) is 0 Å². The van der Waals surface area contributed by atoms with E-state index in [1.807, 2.05) is 81.4 Å². The van der Waals surface area contributed by atoms with Gasteiger partial charge in [-0.3, -0.25) is 13.9 Å². The number of nitrogens with zero attached hydrogens (tertiary/aromatic N) is 2. The highest BCUT2D eigenvalue weighted by Gasteiger charge is 2.30. The summed E-state index contributed by atoms with van der Waals surface area (Å²) in [5.41, 5.74) is 4.12. The van der Waals surface area contributed by atoms with Crippen molar-refractivity contribution in [3.8, 4) is 0 Å². The third-order valence-corrected chi connectivity index (χ3v) is 8.47. The predicted octanol–water partition coefficient (Wildman–Crippen LogP) is 5.28. The normalized spacial score (nSPS) is 12.0. The Balaban J connectivity index is 1.89. The minimum Gasteiger partial charge on any atom is -0.355 e. The molecule has 0 spiro atoms. The first-order valence-corrected chi connectivity index (χ1v) is 15.6. The van der Waals surface area contributed by atoms with Crippen molar-refractivity contribution in [2.45, 2.75) is 52.6 Å². The lowest BCUT2D eigenvalue weighted by molar-refractivity contribution is -0.141. The standard InChI is InChI=1S/C31H38ClN3O4S/c1-5-33-31(37)29(21-25-14-7-6-8-15-25)34(22-26-16-9-10-17-27(26)32)30(36)19-12-20-35(40(4,38)39)28-18-11-13-23(2)24(28)3/h6-11,13-18,29H,5,12,19-22H2,1-4H3,(H,33,37)/t29-/m0/s1. The molecule has 2 amide bonds. The highest BCUT2D eigenvalue weighted by Crippen LogP contribution is 2.26. The second kappa shape index (κ2) is 14.3. The summed E-state index contributed by atoms with van der Waals surface area (Å²) in [5, 5.41) is 3.38. The average Bonchev–Trinajstić information content (AvgIpc) is 2.91. The van der Waals surface area contributed by atoms with Gasteiger partial charge >= 0.3 is 0 Å². The van der Waals surface area contributed by atoms with Crippen molar-refractivity contribution in [1.82, 2.24) is 10.2 Å². The van der Waals surface area contributed by atoms with E-state index in [0.717, 1.165) is 22.3 Å². The lowest BCUT2D eigenvalue weighted by atomic mass is 10.0. The van der Waals surface area contributed by atoms with Gasteiger partial charge in [0.1, 0.15) is 6.04 Å². The number of rotatable bonds is 13. The fraction of sp³-hybridized carbons (Fsp3) is 0.355. The van der Waals surface area contributed by atoms with E-state index in [2.05, 4.69) is 5.32 Å². The number of nitrogens with one attached hydrogen (secondary N) is 1. The average molecular weight is 584 g/mol. The van der Waals surface area contributed by atoms with Crippen LogP contribution in [-0.4, -0.2) is 50.5 Å². The van der Waals surface area contributed by atoms with Crippen LogP contribution < -0.4 is 9.62 Å². The van der Waals surface area contributed by atoms with Gasteiger partial charge in [-0.15, -0.1) is 0 Å². The minimum atomic E-state index is -3.58. The van der Waals surface area contributed by atoms with Crippen LogP contribution in [0.3, 0.4) is 0 Å². The fourth-order valence-corrected chi connectivity index (χ4v) is 5.86. The lowest BCUT2D eigenvalue weighted by Crippen LogP contribution is -2.50. The molecule has 0 fully saturated rings. The van der Waals surface area contributed by atoms with E-state index >= 15 is 0 Å². The summed E-state index contributed by atoms with van der Waals surface area (Å²) in [6.07, 6.45) is 1.85. The molecule has 0 saturated carbocycles. The summed E-state index contributed by atoms with van der Waals surface area (Å²) in [4.78, 5) is 28.7. The van der Waals surface area contributed by atoms with E-state index in [4.69, 9.17) is 11.6 Å². The number of hydrogen-bond donors (Lipinski definition) is 1. The van der Waals surface area contributed by atoms with Crippen molar-refractivity contribution >= 4 is 39.1 Å². The van der Waals surface area contributed by atoms with Gasteiger partial charge in [0.2, 0.25) is 21.8 Å². The van der Waals surface area contributed by atoms with Gasteiger partial charge in [-0.05, 0) is 61.6 Å². The second-order valence-electron chi connectivity index (χ2n) is 9.87. The SMILES string of the molecule is CCNC(=O)[C@H](Cc1ccccc1)N(Cc1ccccc1Cl)C(=O)CCCN(c1cccc(C)c1C)S(C)(=O)=O. The number of carbonyl (C=O) groups is 2. The van der Waals surface area contributed by atoms with Gasteiger partial charge < -0.3 is 10.2 Å². The summed E-state index contributed by atoms with van der Waals surface area (Å²) in [6.45, 7) is 6.38. The number of sulfonamides is 1. The quantitative estimate of drug-likeness (QED) is 0.297. The predicted molar refractivity (Wildman–Crippen MR) is 162 cm³/mol. The molecule has 7 nitrogen and oxygen atoms in total. The summed E-state index contributed by atoms with van der Waals surface area (Å²) >= 11 is 6.46. The maximum Gasteiger partial charge on any atom is 0.243 e. The van der Waals surface area contributed by atoms with Crippen molar-refractivity contribution in [2.24, 2.45) is 0 Å². The summed E-state index contributed by atoms with van der Waals surface area (Å²) < 4.78 is 26.8. The molecule has 0 bridgehead atoms. The van der Waals surface area contributed by atoms with Crippen LogP contribution in [0.15, 0.2) is 72.8 Å². The van der Waals surface area contributed by atoms with Gasteiger partial charge in [-0.2, -0.15) is 0 Å². The molecule has 214 valence electrons. The van der Waals surface area contributed by atoms with Crippen LogP contribution in [0.5, 0.6) is 0 Å². The largest absolute Gasteiger partial charge is 0.355 e. The van der Waals surface area contributed by atoms with Gasteiger partial charge in [-0.1, -0.05) is 72.3 Å². The Labute approximate surface area is 243 Å². The fourth-order valence-electron chi connectivity index (χ4n) is 4.64. The number of carbonyl (C=O) groups excluding carboxylic acids is 2. The zero-order chi connectivity index (χ0) is 29.3. The number of likely N-dealkylation sites (N-methyl/N-ethyl adjacent to an activating group) is 1. The summed E-state index contributed by atoms with van der Waals surface area (Å²) in [6, 6.07) is 21.6. The molecule has 0 aliphatic rings. The minimum absolute atomic E-state index is 0.0615. The second-order valence-corrected chi connectivity index (χ2v) is 12.2.